The summed E-state index contributed by atoms with van der Waals surface area (Å²) in [7, 11) is 0. The first-order valence-corrected chi connectivity index (χ1v) is 5.39. The number of carbonyl (C=O) groups excluding carboxylic acids is 1. The van der Waals surface area contributed by atoms with E-state index in [0.29, 0.717) is 11.4 Å². The highest BCUT2D eigenvalue weighted by molar-refractivity contribution is 5.95. The van der Waals surface area contributed by atoms with Crippen molar-refractivity contribution in [2.24, 2.45) is 5.73 Å². The van der Waals surface area contributed by atoms with Crippen molar-refractivity contribution < 1.29 is 13.6 Å². The fourth-order valence-corrected chi connectivity index (χ4v) is 1.55. The van der Waals surface area contributed by atoms with Gasteiger partial charge in [-0.1, -0.05) is 0 Å². The van der Waals surface area contributed by atoms with Gasteiger partial charge in [-0.15, -0.1) is 0 Å². The molecular weight excluding hydrogens is 252 g/mol. The highest BCUT2D eigenvalue weighted by atomic mass is 19.1. The van der Waals surface area contributed by atoms with Crippen molar-refractivity contribution in [3.63, 3.8) is 0 Å². The maximum absolute atomic E-state index is 13.5. The van der Waals surface area contributed by atoms with Crippen LogP contribution in [0, 0.1) is 11.6 Å². The van der Waals surface area contributed by atoms with Crippen molar-refractivity contribution in [1.82, 2.24) is 0 Å². The number of halogens is 2. The lowest BCUT2D eigenvalue weighted by atomic mass is 10.1. The molecule has 6 heteroatoms. The molecule has 0 saturated heterocycles. The van der Waals surface area contributed by atoms with E-state index in [-0.39, 0.29) is 11.3 Å². The van der Waals surface area contributed by atoms with E-state index in [2.05, 4.69) is 5.32 Å². The summed E-state index contributed by atoms with van der Waals surface area (Å²) in [6, 6.07) is 7.44. The van der Waals surface area contributed by atoms with E-state index >= 15 is 0 Å². The number of benzene rings is 2. The Kier molecular flexibility index (Phi) is 3.33. The summed E-state index contributed by atoms with van der Waals surface area (Å²) in [6.45, 7) is 0. The van der Waals surface area contributed by atoms with Gasteiger partial charge in [0.2, 0.25) is 5.91 Å². The second kappa shape index (κ2) is 4.93. The molecule has 5 N–H and O–H groups in total. The lowest BCUT2D eigenvalue weighted by molar-refractivity contribution is 0.100. The SMILES string of the molecule is NC(=O)c1ccc(N)c(Nc2ccc(F)cc2F)c1. The first-order valence-electron chi connectivity index (χ1n) is 5.39. The summed E-state index contributed by atoms with van der Waals surface area (Å²) in [5, 5.41) is 2.69. The molecular formula is C13H11F2N3O. The fraction of sp³-hybridized carbons (Fsp3) is 0. The minimum absolute atomic E-state index is 0.0507. The summed E-state index contributed by atoms with van der Waals surface area (Å²) in [6.07, 6.45) is 0. The van der Waals surface area contributed by atoms with E-state index in [0.717, 1.165) is 12.1 Å². The van der Waals surface area contributed by atoms with Crippen LogP contribution in [0.25, 0.3) is 0 Å². The molecule has 2 aromatic rings. The molecule has 0 radical (unpaired) electrons. The van der Waals surface area contributed by atoms with Gasteiger partial charge in [-0.05, 0) is 30.3 Å². The van der Waals surface area contributed by atoms with Crippen LogP contribution in [0.3, 0.4) is 0 Å². The molecule has 1 amide bonds. The van der Waals surface area contributed by atoms with Gasteiger partial charge in [0.05, 0.1) is 17.1 Å². The average molecular weight is 263 g/mol. The van der Waals surface area contributed by atoms with Crippen LogP contribution in [0.5, 0.6) is 0 Å². The lowest BCUT2D eigenvalue weighted by Gasteiger charge is -2.11. The van der Waals surface area contributed by atoms with Crippen LogP contribution in [0.15, 0.2) is 36.4 Å². The number of hydrogen-bond acceptors (Lipinski definition) is 3. The van der Waals surface area contributed by atoms with Gasteiger partial charge in [0.25, 0.3) is 0 Å². The largest absolute Gasteiger partial charge is 0.397 e. The number of carbonyl (C=O) groups is 1. The van der Waals surface area contributed by atoms with E-state index in [1.807, 2.05) is 0 Å². The Bertz CT molecular complexity index is 644. The maximum Gasteiger partial charge on any atom is 0.248 e. The highest BCUT2D eigenvalue weighted by Crippen LogP contribution is 2.26. The van der Waals surface area contributed by atoms with Crippen molar-refractivity contribution in [2.45, 2.75) is 0 Å². The zero-order valence-electron chi connectivity index (χ0n) is 9.78. The third kappa shape index (κ3) is 2.79. The number of amides is 1. The van der Waals surface area contributed by atoms with Gasteiger partial charge in [-0.2, -0.15) is 0 Å². The third-order valence-corrected chi connectivity index (χ3v) is 2.54. The summed E-state index contributed by atoms with van der Waals surface area (Å²) in [4.78, 5) is 11.1. The van der Waals surface area contributed by atoms with E-state index in [9.17, 15) is 13.6 Å². The predicted octanol–water partition coefficient (Wildman–Crippen LogP) is 2.39. The Hall–Kier alpha value is -2.63. The van der Waals surface area contributed by atoms with E-state index < -0.39 is 17.5 Å². The van der Waals surface area contributed by atoms with Crippen molar-refractivity contribution in [2.75, 3.05) is 11.1 Å². The normalized spacial score (nSPS) is 10.2. The number of nitrogens with one attached hydrogen (secondary N) is 1. The number of rotatable bonds is 3. The number of nitrogen functional groups attached to an aromatic ring is 1. The van der Waals surface area contributed by atoms with Crippen LogP contribution >= 0.6 is 0 Å². The van der Waals surface area contributed by atoms with Gasteiger partial charge in [-0.3, -0.25) is 4.79 Å². The van der Waals surface area contributed by atoms with Crippen LogP contribution in [0.4, 0.5) is 25.8 Å². The van der Waals surface area contributed by atoms with E-state index in [1.54, 1.807) is 0 Å². The summed E-state index contributed by atoms with van der Waals surface area (Å²) in [5.74, 6) is -2.06. The summed E-state index contributed by atoms with van der Waals surface area (Å²) < 4.78 is 26.3. The Morgan fingerprint density at radius 3 is 2.42 bits per heavy atom. The van der Waals surface area contributed by atoms with Gasteiger partial charge in [0, 0.05) is 11.6 Å². The third-order valence-electron chi connectivity index (χ3n) is 2.54. The minimum Gasteiger partial charge on any atom is -0.397 e. The molecule has 4 nitrogen and oxygen atoms in total. The average Bonchev–Trinajstić information content (AvgIpc) is 2.34. The zero-order chi connectivity index (χ0) is 14.0. The molecule has 0 aliphatic heterocycles. The standard InChI is InChI=1S/C13H11F2N3O/c14-8-2-4-11(9(15)6-8)18-12-5-7(13(17)19)1-3-10(12)16/h1-6,18H,16H2,(H2,17,19). The van der Waals surface area contributed by atoms with Gasteiger partial charge in [0.15, 0.2) is 0 Å². The van der Waals surface area contributed by atoms with Crippen molar-refractivity contribution in [1.29, 1.82) is 0 Å². The van der Waals surface area contributed by atoms with Crippen LogP contribution in [0.2, 0.25) is 0 Å². The van der Waals surface area contributed by atoms with E-state index in [4.69, 9.17) is 11.5 Å². The molecule has 2 rings (SSSR count). The van der Waals surface area contributed by atoms with Gasteiger partial charge in [0.1, 0.15) is 11.6 Å². The molecule has 0 aliphatic rings. The van der Waals surface area contributed by atoms with Crippen LogP contribution in [-0.2, 0) is 0 Å². The second-order valence-corrected chi connectivity index (χ2v) is 3.92. The Labute approximate surface area is 108 Å². The Morgan fingerprint density at radius 1 is 1.05 bits per heavy atom. The summed E-state index contributed by atoms with van der Waals surface area (Å²) >= 11 is 0. The predicted molar refractivity (Wildman–Crippen MR) is 69.0 cm³/mol. The van der Waals surface area contributed by atoms with Crippen LogP contribution in [-0.4, -0.2) is 5.91 Å². The van der Waals surface area contributed by atoms with E-state index in [1.165, 1.54) is 24.3 Å². The van der Waals surface area contributed by atoms with Crippen LogP contribution < -0.4 is 16.8 Å². The molecule has 0 aliphatic carbocycles. The highest BCUT2D eigenvalue weighted by Gasteiger charge is 2.08. The number of hydrogen-bond donors (Lipinski definition) is 3. The molecule has 0 unspecified atom stereocenters. The van der Waals surface area contributed by atoms with Gasteiger partial charge < -0.3 is 16.8 Å². The molecule has 0 aromatic heterocycles. The smallest absolute Gasteiger partial charge is 0.248 e. The second-order valence-electron chi connectivity index (χ2n) is 3.92. The number of primary amides is 1. The molecule has 2 aromatic carbocycles. The first kappa shape index (κ1) is 12.8. The van der Waals surface area contributed by atoms with Crippen molar-refractivity contribution >= 4 is 23.0 Å². The number of nitrogens with two attached hydrogens (primary N) is 2. The molecule has 0 atom stereocenters. The zero-order valence-corrected chi connectivity index (χ0v) is 9.78. The molecule has 0 fully saturated rings. The molecule has 0 spiro atoms. The molecule has 0 heterocycles. The quantitative estimate of drug-likeness (QED) is 0.744. The monoisotopic (exact) mass is 263 g/mol. The minimum atomic E-state index is -0.760. The molecule has 0 saturated carbocycles. The maximum atomic E-state index is 13.5. The lowest BCUT2D eigenvalue weighted by Crippen LogP contribution is -2.11. The van der Waals surface area contributed by atoms with Crippen molar-refractivity contribution in [3.05, 3.63) is 53.6 Å². The summed E-state index contributed by atoms with van der Waals surface area (Å²) in [5.41, 5.74) is 11.8. The molecule has 0 bridgehead atoms. The fourth-order valence-electron chi connectivity index (χ4n) is 1.55. The molecule has 98 valence electrons. The molecule has 19 heavy (non-hydrogen) atoms. The Balaban J connectivity index is 2.37. The van der Waals surface area contributed by atoms with Crippen molar-refractivity contribution in [3.8, 4) is 0 Å². The van der Waals surface area contributed by atoms with Gasteiger partial charge >= 0.3 is 0 Å². The Morgan fingerprint density at radius 2 is 1.79 bits per heavy atom. The number of anilines is 3. The first-order chi connectivity index (χ1) is 8.97. The van der Waals surface area contributed by atoms with Crippen LogP contribution in [0.1, 0.15) is 10.4 Å². The van der Waals surface area contributed by atoms with Gasteiger partial charge in [-0.25, -0.2) is 8.78 Å². The topological polar surface area (TPSA) is 81.1 Å².